The SMILES string of the molecule is O=C(NCCC(F)(F)F)c1c[nH]c(=O)cn1. The first-order valence-corrected chi connectivity index (χ1v) is 4.28. The molecular weight excluding hydrogens is 227 g/mol. The Labute approximate surface area is 87.7 Å². The Bertz CT molecular complexity index is 407. The number of amides is 1. The molecule has 1 aromatic heterocycles. The van der Waals surface area contributed by atoms with Gasteiger partial charge in [-0.25, -0.2) is 4.98 Å². The van der Waals surface area contributed by atoms with Crippen LogP contribution in [0.15, 0.2) is 17.2 Å². The molecule has 0 saturated carbocycles. The zero-order valence-corrected chi connectivity index (χ0v) is 7.97. The number of alkyl halides is 3. The van der Waals surface area contributed by atoms with E-state index in [1.54, 1.807) is 0 Å². The molecule has 0 aromatic carbocycles. The van der Waals surface area contributed by atoms with Crippen LogP contribution in [-0.2, 0) is 0 Å². The molecule has 5 nitrogen and oxygen atoms in total. The van der Waals surface area contributed by atoms with Crippen molar-refractivity contribution >= 4 is 5.91 Å². The van der Waals surface area contributed by atoms with E-state index in [0.29, 0.717) is 0 Å². The Balaban J connectivity index is 2.47. The maximum absolute atomic E-state index is 11.7. The second-order valence-corrected chi connectivity index (χ2v) is 2.92. The number of aromatic nitrogens is 2. The molecule has 0 saturated heterocycles. The summed E-state index contributed by atoms with van der Waals surface area (Å²) in [6.45, 7) is -0.525. The minimum absolute atomic E-state index is 0.137. The Hall–Kier alpha value is -1.86. The molecule has 1 rings (SSSR count). The zero-order valence-electron chi connectivity index (χ0n) is 7.97. The van der Waals surface area contributed by atoms with Gasteiger partial charge in [0.05, 0.1) is 12.6 Å². The van der Waals surface area contributed by atoms with Crippen LogP contribution in [0.3, 0.4) is 0 Å². The molecule has 0 spiro atoms. The number of rotatable bonds is 3. The summed E-state index contributed by atoms with van der Waals surface area (Å²) in [4.78, 5) is 27.4. The van der Waals surface area contributed by atoms with Gasteiger partial charge in [0.25, 0.3) is 11.5 Å². The van der Waals surface area contributed by atoms with Gasteiger partial charge in [0.15, 0.2) is 0 Å². The Morgan fingerprint density at radius 3 is 2.69 bits per heavy atom. The van der Waals surface area contributed by atoms with E-state index in [1.165, 1.54) is 0 Å². The van der Waals surface area contributed by atoms with Gasteiger partial charge in [-0.2, -0.15) is 13.2 Å². The minimum atomic E-state index is -4.31. The van der Waals surface area contributed by atoms with E-state index in [-0.39, 0.29) is 5.69 Å². The molecule has 0 bridgehead atoms. The number of carbonyl (C=O) groups excluding carboxylic acids is 1. The van der Waals surface area contributed by atoms with Gasteiger partial charge in [0.1, 0.15) is 5.69 Å². The lowest BCUT2D eigenvalue weighted by molar-refractivity contribution is -0.132. The van der Waals surface area contributed by atoms with Crippen molar-refractivity contribution in [2.24, 2.45) is 0 Å². The lowest BCUT2D eigenvalue weighted by Crippen LogP contribution is -2.29. The lowest BCUT2D eigenvalue weighted by Gasteiger charge is -2.06. The van der Waals surface area contributed by atoms with Gasteiger partial charge in [-0.1, -0.05) is 0 Å². The fourth-order valence-electron chi connectivity index (χ4n) is 0.875. The van der Waals surface area contributed by atoms with Crippen LogP contribution < -0.4 is 10.9 Å². The fourth-order valence-corrected chi connectivity index (χ4v) is 0.875. The molecule has 0 atom stereocenters. The quantitative estimate of drug-likeness (QED) is 0.798. The number of hydrogen-bond acceptors (Lipinski definition) is 3. The highest BCUT2D eigenvalue weighted by Gasteiger charge is 2.26. The summed E-state index contributed by atoms with van der Waals surface area (Å²) in [7, 11) is 0. The third-order valence-electron chi connectivity index (χ3n) is 1.60. The largest absolute Gasteiger partial charge is 0.390 e. The van der Waals surface area contributed by atoms with Crippen LogP contribution in [0, 0.1) is 0 Å². The van der Waals surface area contributed by atoms with Crippen LogP contribution in [0.1, 0.15) is 16.9 Å². The second-order valence-electron chi connectivity index (χ2n) is 2.92. The molecule has 16 heavy (non-hydrogen) atoms. The molecule has 0 unspecified atom stereocenters. The number of H-pyrrole nitrogens is 1. The minimum Gasteiger partial charge on any atom is -0.350 e. The maximum atomic E-state index is 11.7. The highest BCUT2D eigenvalue weighted by molar-refractivity contribution is 5.91. The third-order valence-corrected chi connectivity index (χ3v) is 1.60. The molecule has 0 aliphatic heterocycles. The summed E-state index contributed by atoms with van der Waals surface area (Å²) in [5.74, 6) is -0.763. The number of nitrogens with one attached hydrogen (secondary N) is 2. The van der Waals surface area contributed by atoms with Gasteiger partial charge in [0, 0.05) is 12.7 Å². The van der Waals surface area contributed by atoms with E-state index in [0.717, 1.165) is 12.4 Å². The fraction of sp³-hybridized carbons (Fsp3) is 0.375. The second kappa shape index (κ2) is 4.77. The van der Waals surface area contributed by atoms with Crippen molar-refractivity contribution in [2.45, 2.75) is 12.6 Å². The van der Waals surface area contributed by atoms with Gasteiger partial charge < -0.3 is 10.3 Å². The first kappa shape index (κ1) is 12.2. The number of halogens is 3. The summed E-state index contributed by atoms with van der Waals surface area (Å²) >= 11 is 0. The van der Waals surface area contributed by atoms with Crippen molar-refractivity contribution in [3.63, 3.8) is 0 Å². The van der Waals surface area contributed by atoms with E-state index in [9.17, 15) is 22.8 Å². The van der Waals surface area contributed by atoms with Gasteiger partial charge in [-0.3, -0.25) is 9.59 Å². The van der Waals surface area contributed by atoms with Crippen LogP contribution in [-0.4, -0.2) is 28.6 Å². The highest BCUT2D eigenvalue weighted by Crippen LogP contribution is 2.18. The molecule has 1 heterocycles. The van der Waals surface area contributed by atoms with Crippen molar-refractivity contribution in [1.29, 1.82) is 0 Å². The number of nitrogens with zero attached hydrogens (tertiary/aromatic N) is 1. The Kier molecular flexibility index (Phi) is 3.64. The summed E-state index contributed by atoms with van der Waals surface area (Å²) in [5.41, 5.74) is -0.631. The van der Waals surface area contributed by atoms with E-state index in [2.05, 4.69) is 9.97 Å². The molecule has 88 valence electrons. The van der Waals surface area contributed by atoms with Gasteiger partial charge >= 0.3 is 6.18 Å². The van der Waals surface area contributed by atoms with E-state index in [4.69, 9.17) is 0 Å². The predicted octanol–water partition coefficient (Wildman–Crippen LogP) is 0.452. The van der Waals surface area contributed by atoms with Crippen LogP contribution in [0.2, 0.25) is 0 Å². The van der Waals surface area contributed by atoms with Crippen molar-refractivity contribution in [3.8, 4) is 0 Å². The predicted molar refractivity (Wildman–Crippen MR) is 47.9 cm³/mol. The van der Waals surface area contributed by atoms with E-state index < -0.39 is 30.6 Å². The summed E-state index contributed by atoms with van der Waals surface area (Å²) < 4.78 is 35.2. The molecular formula is C8H8F3N3O2. The normalized spacial score (nSPS) is 11.2. The number of hydrogen-bond donors (Lipinski definition) is 2. The van der Waals surface area contributed by atoms with Crippen molar-refractivity contribution < 1.29 is 18.0 Å². The molecule has 0 aliphatic carbocycles. The highest BCUT2D eigenvalue weighted by atomic mass is 19.4. The smallest absolute Gasteiger partial charge is 0.350 e. The Morgan fingerprint density at radius 2 is 2.19 bits per heavy atom. The van der Waals surface area contributed by atoms with Gasteiger partial charge in [0.2, 0.25) is 0 Å². The van der Waals surface area contributed by atoms with Crippen molar-refractivity contribution in [1.82, 2.24) is 15.3 Å². The molecule has 0 aliphatic rings. The van der Waals surface area contributed by atoms with Crippen molar-refractivity contribution in [2.75, 3.05) is 6.54 Å². The maximum Gasteiger partial charge on any atom is 0.390 e. The van der Waals surface area contributed by atoms with Crippen molar-refractivity contribution in [3.05, 3.63) is 28.4 Å². The number of carbonyl (C=O) groups is 1. The van der Waals surface area contributed by atoms with Crippen LogP contribution in [0.25, 0.3) is 0 Å². The van der Waals surface area contributed by atoms with E-state index in [1.807, 2.05) is 5.32 Å². The molecule has 1 amide bonds. The standard InChI is InChI=1S/C8H8F3N3O2/c9-8(10,11)1-2-12-7(16)5-3-14-6(15)4-13-5/h3-4H,1-2H2,(H,12,16)(H,14,15). The molecule has 8 heteroatoms. The summed E-state index contributed by atoms with van der Waals surface area (Å²) in [5, 5.41) is 2.03. The third kappa shape index (κ3) is 4.11. The molecule has 2 N–H and O–H groups in total. The van der Waals surface area contributed by atoms with Crippen LogP contribution in [0.5, 0.6) is 0 Å². The van der Waals surface area contributed by atoms with Crippen LogP contribution >= 0.6 is 0 Å². The monoisotopic (exact) mass is 235 g/mol. The van der Waals surface area contributed by atoms with Gasteiger partial charge in [-0.05, 0) is 0 Å². The topological polar surface area (TPSA) is 74.8 Å². The lowest BCUT2D eigenvalue weighted by atomic mass is 10.3. The molecule has 0 fully saturated rings. The van der Waals surface area contributed by atoms with Gasteiger partial charge in [-0.15, -0.1) is 0 Å². The first-order chi connectivity index (χ1) is 7.38. The average molecular weight is 235 g/mol. The zero-order chi connectivity index (χ0) is 12.2. The molecule has 0 radical (unpaired) electrons. The average Bonchev–Trinajstić information content (AvgIpc) is 2.16. The summed E-state index contributed by atoms with van der Waals surface area (Å²) in [6, 6.07) is 0. The first-order valence-electron chi connectivity index (χ1n) is 4.28. The van der Waals surface area contributed by atoms with E-state index >= 15 is 0 Å². The summed E-state index contributed by atoms with van der Waals surface area (Å²) in [6.07, 6.45) is -3.52. The number of aromatic amines is 1. The Morgan fingerprint density at radius 1 is 1.50 bits per heavy atom. The van der Waals surface area contributed by atoms with Crippen LogP contribution in [0.4, 0.5) is 13.2 Å². The molecule has 1 aromatic rings.